The molecule has 6 nitrogen and oxygen atoms in total. The molecule has 1 N–H and O–H groups in total. The van der Waals surface area contributed by atoms with Crippen LogP contribution in [0, 0.1) is 6.92 Å². The Morgan fingerprint density at radius 1 is 1.19 bits per heavy atom. The van der Waals surface area contributed by atoms with Crippen molar-refractivity contribution in [3.8, 4) is 0 Å². The number of hydrogen-bond acceptors (Lipinski definition) is 6. The summed E-state index contributed by atoms with van der Waals surface area (Å²) in [5.74, 6) is 0.141. The van der Waals surface area contributed by atoms with Crippen LogP contribution in [-0.4, -0.2) is 52.1 Å². The lowest BCUT2D eigenvalue weighted by Crippen LogP contribution is -2.46. The molecule has 1 fully saturated rings. The van der Waals surface area contributed by atoms with Gasteiger partial charge in [0.15, 0.2) is 0 Å². The first kappa shape index (κ1) is 16.9. The minimum atomic E-state index is -0.879. The van der Waals surface area contributed by atoms with E-state index in [0.29, 0.717) is 5.56 Å². The predicted octanol–water partition coefficient (Wildman–Crippen LogP) is 3.02. The van der Waals surface area contributed by atoms with Crippen LogP contribution in [0.1, 0.15) is 20.8 Å². The first-order valence-electron chi connectivity index (χ1n) is 8.61. The SMILES string of the molecule is Cc1cc2c(N3CCN(Cc4cccc(C(=O)O)c4)CC3)ncnc2s1. The first-order chi connectivity index (χ1) is 12.6. The summed E-state index contributed by atoms with van der Waals surface area (Å²) >= 11 is 1.70. The average molecular weight is 368 g/mol. The Kier molecular flexibility index (Phi) is 4.57. The number of rotatable bonds is 4. The fourth-order valence-corrected chi connectivity index (χ4v) is 4.24. The van der Waals surface area contributed by atoms with Crippen molar-refractivity contribution in [3.63, 3.8) is 0 Å². The zero-order chi connectivity index (χ0) is 18.1. The van der Waals surface area contributed by atoms with Gasteiger partial charge in [-0.3, -0.25) is 4.90 Å². The molecule has 1 saturated heterocycles. The monoisotopic (exact) mass is 368 g/mol. The van der Waals surface area contributed by atoms with E-state index in [1.165, 1.54) is 4.88 Å². The van der Waals surface area contributed by atoms with Gasteiger partial charge >= 0.3 is 5.97 Å². The number of carboxylic acids is 1. The van der Waals surface area contributed by atoms with E-state index < -0.39 is 5.97 Å². The Morgan fingerprint density at radius 3 is 2.77 bits per heavy atom. The van der Waals surface area contributed by atoms with Crippen molar-refractivity contribution in [1.29, 1.82) is 0 Å². The number of aromatic carboxylic acids is 1. The van der Waals surface area contributed by atoms with Gasteiger partial charge in [-0.05, 0) is 30.7 Å². The highest BCUT2D eigenvalue weighted by Gasteiger charge is 2.21. The molecule has 0 atom stereocenters. The maximum atomic E-state index is 11.1. The molecule has 4 rings (SSSR count). The summed E-state index contributed by atoms with van der Waals surface area (Å²) in [5.41, 5.74) is 1.38. The Bertz CT molecular complexity index is 948. The number of aromatic nitrogens is 2. The molecule has 26 heavy (non-hydrogen) atoms. The van der Waals surface area contributed by atoms with E-state index in [4.69, 9.17) is 5.11 Å². The third kappa shape index (κ3) is 3.40. The average Bonchev–Trinajstić information content (AvgIpc) is 3.03. The van der Waals surface area contributed by atoms with Crippen LogP contribution in [0.25, 0.3) is 10.2 Å². The van der Waals surface area contributed by atoms with Gasteiger partial charge < -0.3 is 10.0 Å². The molecular weight excluding hydrogens is 348 g/mol. The minimum absolute atomic E-state index is 0.345. The quantitative estimate of drug-likeness (QED) is 0.763. The first-order valence-corrected chi connectivity index (χ1v) is 9.42. The highest BCUT2D eigenvalue weighted by atomic mass is 32.1. The number of fused-ring (bicyclic) bond motifs is 1. The fraction of sp³-hybridized carbons (Fsp3) is 0.316. The lowest BCUT2D eigenvalue weighted by atomic mass is 10.1. The summed E-state index contributed by atoms with van der Waals surface area (Å²) in [6.45, 7) is 6.52. The molecule has 0 saturated carbocycles. The van der Waals surface area contributed by atoms with E-state index in [1.54, 1.807) is 29.8 Å². The molecule has 3 heterocycles. The standard InChI is InChI=1S/C19H20N4O2S/c1-13-9-16-17(20-12-21-18(16)26-13)23-7-5-22(6-8-23)11-14-3-2-4-15(10-14)19(24)25/h2-4,9-10,12H,5-8,11H2,1H3,(H,24,25). The van der Waals surface area contributed by atoms with Crippen LogP contribution in [0.2, 0.25) is 0 Å². The zero-order valence-electron chi connectivity index (χ0n) is 14.6. The molecule has 134 valence electrons. The molecular formula is C19H20N4O2S. The Morgan fingerprint density at radius 2 is 2.00 bits per heavy atom. The highest BCUT2D eigenvalue weighted by Crippen LogP contribution is 2.30. The lowest BCUT2D eigenvalue weighted by Gasteiger charge is -2.35. The van der Waals surface area contributed by atoms with E-state index in [2.05, 4.69) is 32.8 Å². The third-order valence-corrected chi connectivity index (χ3v) is 5.64. The number of carboxylic acid groups (broad SMARTS) is 1. The molecule has 2 aromatic heterocycles. The van der Waals surface area contributed by atoms with Crippen LogP contribution >= 0.6 is 11.3 Å². The van der Waals surface area contributed by atoms with Gasteiger partial charge in [-0.2, -0.15) is 0 Å². The van der Waals surface area contributed by atoms with Crippen LogP contribution in [0.15, 0.2) is 36.7 Å². The summed E-state index contributed by atoms with van der Waals surface area (Å²) in [6.07, 6.45) is 1.65. The van der Waals surface area contributed by atoms with Gasteiger partial charge in [0.1, 0.15) is 17.0 Å². The molecule has 1 aliphatic rings. The van der Waals surface area contributed by atoms with Crippen LogP contribution in [0.3, 0.4) is 0 Å². The van der Waals surface area contributed by atoms with Gasteiger partial charge in [0, 0.05) is 37.6 Å². The smallest absolute Gasteiger partial charge is 0.335 e. The molecule has 0 spiro atoms. The van der Waals surface area contributed by atoms with Gasteiger partial charge in [-0.25, -0.2) is 14.8 Å². The maximum Gasteiger partial charge on any atom is 0.335 e. The zero-order valence-corrected chi connectivity index (χ0v) is 15.4. The van der Waals surface area contributed by atoms with Crippen molar-refractivity contribution in [2.75, 3.05) is 31.1 Å². The van der Waals surface area contributed by atoms with Crippen LogP contribution in [0.4, 0.5) is 5.82 Å². The Labute approximate surface area is 155 Å². The maximum absolute atomic E-state index is 11.1. The predicted molar refractivity (Wildman–Crippen MR) is 103 cm³/mol. The van der Waals surface area contributed by atoms with Gasteiger partial charge in [0.2, 0.25) is 0 Å². The van der Waals surface area contributed by atoms with Crippen LogP contribution < -0.4 is 4.90 Å². The van der Waals surface area contributed by atoms with E-state index >= 15 is 0 Å². The van der Waals surface area contributed by atoms with E-state index in [9.17, 15) is 4.79 Å². The second kappa shape index (κ2) is 7.01. The van der Waals surface area contributed by atoms with E-state index in [0.717, 1.165) is 54.3 Å². The van der Waals surface area contributed by atoms with Gasteiger partial charge in [-0.15, -0.1) is 11.3 Å². The third-order valence-electron chi connectivity index (χ3n) is 4.68. The summed E-state index contributed by atoms with van der Waals surface area (Å²) < 4.78 is 0. The number of piperazine rings is 1. The molecule has 0 bridgehead atoms. The number of aryl methyl sites for hydroxylation is 1. The summed E-state index contributed by atoms with van der Waals surface area (Å²) in [5, 5.41) is 10.3. The minimum Gasteiger partial charge on any atom is -0.478 e. The van der Waals surface area contributed by atoms with Crippen molar-refractivity contribution < 1.29 is 9.90 Å². The molecule has 3 aromatic rings. The summed E-state index contributed by atoms with van der Waals surface area (Å²) in [6, 6.07) is 9.36. The number of hydrogen-bond donors (Lipinski definition) is 1. The van der Waals surface area contributed by atoms with Crippen molar-refractivity contribution in [2.24, 2.45) is 0 Å². The normalized spacial score (nSPS) is 15.5. The number of carbonyl (C=O) groups is 1. The molecule has 0 aliphatic carbocycles. The van der Waals surface area contributed by atoms with Gasteiger partial charge in [-0.1, -0.05) is 12.1 Å². The van der Waals surface area contributed by atoms with Crippen molar-refractivity contribution in [1.82, 2.24) is 14.9 Å². The van der Waals surface area contributed by atoms with Crippen LogP contribution in [-0.2, 0) is 6.54 Å². The topological polar surface area (TPSA) is 69.6 Å². The molecule has 7 heteroatoms. The molecule has 1 aliphatic heterocycles. The number of benzene rings is 1. The summed E-state index contributed by atoms with van der Waals surface area (Å²) in [7, 11) is 0. The number of thiophene rings is 1. The van der Waals surface area contributed by atoms with E-state index in [-0.39, 0.29) is 0 Å². The molecule has 0 radical (unpaired) electrons. The fourth-order valence-electron chi connectivity index (χ4n) is 3.39. The molecule has 0 amide bonds. The van der Waals surface area contributed by atoms with Crippen molar-refractivity contribution in [3.05, 3.63) is 52.7 Å². The summed E-state index contributed by atoms with van der Waals surface area (Å²) in [4.78, 5) is 27.0. The largest absolute Gasteiger partial charge is 0.478 e. The second-order valence-corrected chi connectivity index (χ2v) is 7.78. The molecule has 0 unspecified atom stereocenters. The Hall–Kier alpha value is -2.51. The van der Waals surface area contributed by atoms with Crippen molar-refractivity contribution in [2.45, 2.75) is 13.5 Å². The molecule has 1 aromatic carbocycles. The lowest BCUT2D eigenvalue weighted by molar-refractivity contribution is 0.0696. The Balaban J connectivity index is 1.44. The number of anilines is 1. The second-order valence-electron chi connectivity index (χ2n) is 6.54. The van der Waals surface area contributed by atoms with Crippen LogP contribution in [0.5, 0.6) is 0 Å². The van der Waals surface area contributed by atoms with Gasteiger partial charge in [0.25, 0.3) is 0 Å². The number of nitrogens with zero attached hydrogens (tertiary/aromatic N) is 4. The van der Waals surface area contributed by atoms with Crippen molar-refractivity contribution >= 4 is 33.3 Å². The van der Waals surface area contributed by atoms with Gasteiger partial charge in [0.05, 0.1) is 10.9 Å². The van der Waals surface area contributed by atoms with E-state index in [1.807, 2.05) is 12.1 Å². The highest BCUT2D eigenvalue weighted by molar-refractivity contribution is 7.18.